The average molecular weight is 328 g/mol. The van der Waals surface area contributed by atoms with E-state index in [0.717, 1.165) is 0 Å². The van der Waals surface area contributed by atoms with E-state index in [4.69, 9.17) is 13.7 Å². The molecule has 2 spiro atoms. The van der Waals surface area contributed by atoms with Gasteiger partial charge in [0, 0.05) is 11.3 Å². The molecule has 4 rings (SSSR count). The molecule has 4 aliphatic rings. The van der Waals surface area contributed by atoms with Crippen LogP contribution in [0.2, 0.25) is 0 Å². The number of alkyl halides is 3. The molecule has 0 radical (unpaired) electrons. The molecule has 21 heavy (non-hydrogen) atoms. The minimum atomic E-state index is -5.70. The van der Waals surface area contributed by atoms with Gasteiger partial charge in [-0.3, -0.25) is 4.18 Å². The van der Waals surface area contributed by atoms with Crippen molar-refractivity contribution < 1.29 is 35.2 Å². The molecule has 5 nitrogen and oxygen atoms in total. The number of fused-ring (bicyclic) bond motifs is 1. The van der Waals surface area contributed by atoms with Gasteiger partial charge in [0.05, 0.1) is 13.2 Å². The first-order valence-electron chi connectivity index (χ1n) is 6.76. The van der Waals surface area contributed by atoms with Crippen LogP contribution < -0.4 is 0 Å². The fourth-order valence-corrected chi connectivity index (χ4v) is 5.79. The van der Waals surface area contributed by atoms with Crippen LogP contribution in [0.15, 0.2) is 0 Å². The molecule has 2 saturated heterocycles. The lowest BCUT2D eigenvalue weighted by Gasteiger charge is -2.40. The van der Waals surface area contributed by atoms with Gasteiger partial charge in [0.15, 0.2) is 5.60 Å². The molecule has 0 aromatic heterocycles. The maximum Gasteiger partial charge on any atom is 0.523 e. The molecule has 4 fully saturated rings. The molecule has 0 unspecified atom stereocenters. The summed E-state index contributed by atoms with van der Waals surface area (Å²) in [4.78, 5) is 0. The third-order valence-corrected chi connectivity index (χ3v) is 7.09. The summed E-state index contributed by atoms with van der Waals surface area (Å²) in [6.07, 6.45) is 0.780. The zero-order valence-electron chi connectivity index (χ0n) is 11.5. The van der Waals surface area contributed by atoms with E-state index in [1.54, 1.807) is 0 Å². The van der Waals surface area contributed by atoms with Crippen LogP contribution in [-0.2, 0) is 23.8 Å². The molecule has 4 atom stereocenters. The first-order valence-corrected chi connectivity index (χ1v) is 8.17. The molecule has 9 heteroatoms. The van der Waals surface area contributed by atoms with E-state index in [-0.39, 0.29) is 25.6 Å². The predicted octanol–water partition coefficient (Wildman–Crippen LogP) is 1.58. The average Bonchev–Trinajstić information content (AvgIpc) is 3.17. The first kappa shape index (κ1) is 14.2. The van der Waals surface area contributed by atoms with Gasteiger partial charge in [0.25, 0.3) is 0 Å². The monoisotopic (exact) mass is 328 g/mol. The third kappa shape index (κ3) is 1.26. The fourth-order valence-electron chi connectivity index (χ4n) is 4.97. The van der Waals surface area contributed by atoms with Gasteiger partial charge in [0.1, 0.15) is 11.2 Å². The van der Waals surface area contributed by atoms with Crippen molar-refractivity contribution >= 4 is 10.1 Å². The van der Waals surface area contributed by atoms with Gasteiger partial charge < -0.3 is 9.47 Å². The topological polar surface area (TPSA) is 68.4 Å². The number of rotatable bonds is 2. The summed E-state index contributed by atoms with van der Waals surface area (Å²) in [6, 6.07) is 0. The second kappa shape index (κ2) is 3.27. The van der Waals surface area contributed by atoms with Crippen molar-refractivity contribution in [1.82, 2.24) is 0 Å². The SMILES string of the molecule is CC1(C)[C@@H]2CC[C@@](OS(=O)(=O)C(F)(F)F)([C@]23CO3)[C@@]12CO2. The van der Waals surface area contributed by atoms with Gasteiger partial charge >= 0.3 is 15.6 Å². The highest BCUT2D eigenvalue weighted by molar-refractivity contribution is 7.87. The highest BCUT2D eigenvalue weighted by atomic mass is 32.2. The van der Waals surface area contributed by atoms with Crippen molar-refractivity contribution in [2.75, 3.05) is 13.2 Å². The molecule has 2 aliphatic heterocycles. The summed E-state index contributed by atoms with van der Waals surface area (Å²) in [5, 5.41) is 0. The minimum absolute atomic E-state index is 0.0593. The third-order valence-electron chi connectivity index (χ3n) is 6.02. The van der Waals surface area contributed by atoms with Gasteiger partial charge in [-0.2, -0.15) is 21.6 Å². The van der Waals surface area contributed by atoms with Crippen molar-refractivity contribution in [1.29, 1.82) is 0 Å². The summed E-state index contributed by atoms with van der Waals surface area (Å²) >= 11 is 0. The predicted molar refractivity (Wildman–Crippen MR) is 62.7 cm³/mol. The highest BCUT2D eigenvalue weighted by Gasteiger charge is 2.93. The molecule has 120 valence electrons. The Labute approximate surface area is 119 Å². The van der Waals surface area contributed by atoms with Crippen LogP contribution in [0.1, 0.15) is 26.7 Å². The summed E-state index contributed by atoms with van der Waals surface area (Å²) in [5.41, 5.74) is -9.44. The Kier molecular flexibility index (Phi) is 2.21. The lowest BCUT2D eigenvalue weighted by atomic mass is 9.67. The molecule has 0 amide bonds. The molecule has 0 aromatic rings. The van der Waals surface area contributed by atoms with Crippen molar-refractivity contribution in [2.45, 2.75) is 49.0 Å². The molecule has 0 N–H and O–H groups in total. The van der Waals surface area contributed by atoms with E-state index in [9.17, 15) is 21.6 Å². The molecule has 0 aromatic carbocycles. The number of ether oxygens (including phenoxy) is 2. The molecule has 2 bridgehead atoms. The Morgan fingerprint density at radius 1 is 1.19 bits per heavy atom. The Morgan fingerprint density at radius 3 is 2.19 bits per heavy atom. The molecule has 2 saturated carbocycles. The van der Waals surface area contributed by atoms with Crippen LogP contribution in [0.4, 0.5) is 13.2 Å². The minimum Gasteiger partial charge on any atom is -0.366 e. The van der Waals surface area contributed by atoms with Crippen LogP contribution in [0.3, 0.4) is 0 Å². The second-order valence-electron chi connectivity index (χ2n) is 6.92. The Balaban J connectivity index is 1.84. The van der Waals surface area contributed by atoms with Crippen LogP contribution >= 0.6 is 0 Å². The quantitative estimate of drug-likeness (QED) is 0.437. The van der Waals surface area contributed by atoms with E-state index in [0.29, 0.717) is 6.42 Å². The number of epoxide rings is 2. The Hall–Kier alpha value is -0.380. The van der Waals surface area contributed by atoms with E-state index in [2.05, 4.69) is 0 Å². The molecular weight excluding hydrogens is 313 g/mol. The van der Waals surface area contributed by atoms with Crippen molar-refractivity contribution in [3.05, 3.63) is 0 Å². The zero-order valence-corrected chi connectivity index (χ0v) is 12.3. The molecular formula is C12H15F3O5S. The highest BCUT2D eigenvalue weighted by Crippen LogP contribution is 2.79. The normalized spacial score (nSPS) is 50.0. The standard InChI is InChI=1S/C12H15F3O5S/c1-8(2)7-3-4-10(9(7)5-18-9,11(8)6-19-11)20-21(16,17)12(13,14)15/h7H,3-6H2,1-2H3/t7-,9-,10+,11+/m0/s1. The van der Waals surface area contributed by atoms with E-state index in [1.807, 2.05) is 13.8 Å². The summed E-state index contributed by atoms with van der Waals surface area (Å²) in [7, 11) is -5.70. The smallest absolute Gasteiger partial charge is 0.366 e. The lowest BCUT2D eigenvalue weighted by molar-refractivity contribution is -0.0934. The summed E-state index contributed by atoms with van der Waals surface area (Å²) < 4.78 is 77.2. The van der Waals surface area contributed by atoms with Crippen molar-refractivity contribution in [2.24, 2.45) is 11.3 Å². The fraction of sp³-hybridized carbons (Fsp3) is 1.00. The van der Waals surface area contributed by atoms with Gasteiger partial charge in [-0.15, -0.1) is 0 Å². The van der Waals surface area contributed by atoms with Crippen LogP contribution in [-0.4, -0.2) is 43.9 Å². The largest absolute Gasteiger partial charge is 0.523 e. The number of halogens is 3. The van der Waals surface area contributed by atoms with E-state index < -0.39 is 37.8 Å². The lowest BCUT2D eigenvalue weighted by Crippen LogP contribution is -2.57. The van der Waals surface area contributed by atoms with Gasteiger partial charge in [0.2, 0.25) is 0 Å². The summed E-state index contributed by atoms with van der Waals surface area (Å²) in [6.45, 7) is 4.20. The van der Waals surface area contributed by atoms with Gasteiger partial charge in [-0.1, -0.05) is 13.8 Å². The number of hydrogen-bond acceptors (Lipinski definition) is 5. The van der Waals surface area contributed by atoms with Crippen LogP contribution in [0, 0.1) is 11.3 Å². The van der Waals surface area contributed by atoms with Gasteiger partial charge in [-0.05, 0) is 12.8 Å². The van der Waals surface area contributed by atoms with Crippen LogP contribution in [0.25, 0.3) is 0 Å². The van der Waals surface area contributed by atoms with E-state index >= 15 is 0 Å². The maximum absolute atomic E-state index is 12.7. The second-order valence-corrected chi connectivity index (χ2v) is 8.45. The van der Waals surface area contributed by atoms with Crippen molar-refractivity contribution in [3.8, 4) is 0 Å². The van der Waals surface area contributed by atoms with Crippen molar-refractivity contribution in [3.63, 3.8) is 0 Å². The molecule has 2 aliphatic carbocycles. The maximum atomic E-state index is 12.7. The van der Waals surface area contributed by atoms with Gasteiger partial charge in [-0.25, -0.2) is 0 Å². The molecule has 2 heterocycles. The zero-order chi connectivity index (χ0) is 15.5. The van der Waals surface area contributed by atoms with Crippen LogP contribution in [0.5, 0.6) is 0 Å². The first-order chi connectivity index (χ1) is 9.46. The number of hydrogen-bond donors (Lipinski definition) is 0. The Morgan fingerprint density at radius 2 is 1.76 bits per heavy atom. The van der Waals surface area contributed by atoms with E-state index in [1.165, 1.54) is 0 Å². The summed E-state index contributed by atoms with van der Waals surface area (Å²) in [5.74, 6) is -0.0593. The Bertz CT molecular complexity index is 617.